The molecule has 0 spiro atoms. The van der Waals surface area contributed by atoms with E-state index in [-0.39, 0.29) is 54.3 Å². The SMILES string of the molecule is C#CCOc1ccc([N+](=O)[O-])c(COC(=O)OC2(CC)C(=O)OCc3c2cc2n(c3=O)Cc3cc4ccccc4nc3-2)c1. The van der Waals surface area contributed by atoms with Crippen LogP contribution in [0.5, 0.6) is 5.75 Å². The van der Waals surface area contributed by atoms with Gasteiger partial charge in [-0.3, -0.25) is 14.9 Å². The lowest BCUT2D eigenvalue weighted by Gasteiger charge is -2.35. The van der Waals surface area contributed by atoms with E-state index in [4.69, 9.17) is 30.4 Å². The van der Waals surface area contributed by atoms with Gasteiger partial charge in [-0.2, -0.15) is 0 Å². The summed E-state index contributed by atoms with van der Waals surface area (Å²) < 4.78 is 23.1. The summed E-state index contributed by atoms with van der Waals surface area (Å²) in [4.78, 5) is 55.6. The maximum Gasteiger partial charge on any atom is 0.510 e. The van der Waals surface area contributed by atoms with Gasteiger partial charge in [-0.05, 0) is 36.8 Å². The summed E-state index contributed by atoms with van der Waals surface area (Å²) in [7, 11) is 0. The Balaban J connectivity index is 1.34. The summed E-state index contributed by atoms with van der Waals surface area (Å²) in [6, 6.07) is 15.1. The number of nitrogens with zero attached hydrogens (tertiary/aromatic N) is 3. The summed E-state index contributed by atoms with van der Waals surface area (Å²) in [5, 5.41) is 12.5. The number of esters is 1. The number of hydrogen-bond donors (Lipinski definition) is 0. The van der Waals surface area contributed by atoms with E-state index in [0.717, 1.165) is 16.5 Å². The molecule has 216 valence electrons. The second kappa shape index (κ2) is 10.6. The van der Waals surface area contributed by atoms with Crippen molar-refractivity contribution in [3.05, 3.63) is 97.3 Å². The molecule has 0 saturated heterocycles. The summed E-state index contributed by atoms with van der Waals surface area (Å²) >= 11 is 0. The van der Waals surface area contributed by atoms with Crippen LogP contribution >= 0.6 is 0 Å². The first-order chi connectivity index (χ1) is 20.8. The van der Waals surface area contributed by atoms with Gasteiger partial charge in [-0.15, -0.1) is 6.42 Å². The lowest BCUT2D eigenvalue weighted by Crippen LogP contribution is -2.47. The molecule has 0 saturated carbocycles. The molecule has 43 heavy (non-hydrogen) atoms. The minimum absolute atomic E-state index is 0.0135. The standard InChI is InChI=1S/C31H23N3O9/c1-3-11-40-21-9-10-25(34(38)39)20(13-21)16-42-30(37)43-31(4-2)23-14-26-27-19(12-18-7-5-6-8-24(18)32-27)15-33(26)28(35)22(23)17-41-29(31)36/h1,5-10,12-14H,4,11,15-17H2,2H3. The zero-order chi connectivity index (χ0) is 30.3. The number of nitro benzene ring substituents is 1. The van der Waals surface area contributed by atoms with Gasteiger partial charge in [0, 0.05) is 22.6 Å². The fraction of sp³-hybridized carbons (Fsp3) is 0.226. The molecular formula is C31H23N3O9. The molecule has 2 aromatic heterocycles. The van der Waals surface area contributed by atoms with E-state index in [1.54, 1.807) is 17.6 Å². The summed E-state index contributed by atoms with van der Waals surface area (Å²) in [6.07, 6.45) is 3.83. The lowest BCUT2D eigenvalue weighted by atomic mass is 9.85. The van der Waals surface area contributed by atoms with Crippen LogP contribution in [-0.2, 0) is 44.4 Å². The van der Waals surface area contributed by atoms with Crippen molar-refractivity contribution in [1.82, 2.24) is 9.55 Å². The number of terminal acetylenes is 1. The minimum atomic E-state index is -2.00. The van der Waals surface area contributed by atoms with Crippen LogP contribution in [0, 0.1) is 22.5 Å². The summed E-state index contributed by atoms with van der Waals surface area (Å²) in [5.41, 5.74) is 0.293. The quantitative estimate of drug-likeness (QED) is 0.117. The third kappa shape index (κ3) is 4.61. The van der Waals surface area contributed by atoms with Crippen LogP contribution in [0.15, 0.2) is 59.4 Å². The van der Waals surface area contributed by atoms with Crippen molar-refractivity contribution in [2.75, 3.05) is 6.61 Å². The maximum atomic E-state index is 13.7. The molecule has 6 rings (SSSR count). The first-order valence-corrected chi connectivity index (χ1v) is 13.3. The highest BCUT2D eigenvalue weighted by Gasteiger charge is 2.51. The normalized spacial score (nSPS) is 16.3. The van der Waals surface area contributed by atoms with Gasteiger partial charge in [-0.1, -0.05) is 31.0 Å². The molecule has 0 fully saturated rings. The number of pyridine rings is 2. The van der Waals surface area contributed by atoms with Gasteiger partial charge in [0.25, 0.3) is 11.2 Å². The molecule has 0 N–H and O–H groups in total. The van der Waals surface area contributed by atoms with Crippen molar-refractivity contribution in [3.63, 3.8) is 0 Å². The van der Waals surface area contributed by atoms with Crippen molar-refractivity contribution >= 4 is 28.7 Å². The van der Waals surface area contributed by atoms with Crippen LogP contribution in [0.1, 0.15) is 35.6 Å². The molecule has 1 atom stereocenters. The smallest absolute Gasteiger partial charge is 0.481 e. The van der Waals surface area contributed by atoms with E-state index in [0.29, 0.717) is 11.4 Å². The molecule has 0 aliphatic carbocycles. The van der Waals surface area contributed by atoms with Crippen LogP contribution < -0.4 is 10.3 Å². The number of cyclic esters (lactones) is 1. The van der Waals surface area contributed by atoms with Crippen LogP contribution in [0.4, 0.5) is 10.5 Å². The maximum absolute atomic E-state index is 13.7. The number of ether oxygens (including phenoxy) is 4. The molecule has 2 aromatic carbocycles. The molecule has 0 radical (unpaired) electrons. The van der Waals surface area contributed by atoms with Gasteiger partial charge in [0.15, 0.2) is 0 Å². The Kier molecular flexibility index (Phi) is 6.78. The van der Waals surface area contributed by atoms with Crippen molar-refractivity contribution in [2.24, 2.45) is 0 Å². The number of rotatable bonds is 7. The fourth-order valence-corrected chi connectivity index (χ4v) is 5.46. The first-order valence-electron chi connectivity index (χ1n) is 13.3. The average molecular weight is 582 g/mol. The van der Waals surface area contributed by atoms with E-state index in [2.05, 4.69) is 5.92 Å². The molecule has 2 aliphatic heterocycles. The van der Waals surface area contributed by atoms with Gasteiger partial charge in [0.2, 0.25) is 5.60 Å². The molecule has 4 heterocycles. The Bertz CT molecular complexity index is 1940. The second-order valence-corrected chi connectivity index (χ2v) is 9.94. The van der Waals surface area contributed by atoms with Crippen molar-refractivity contribution in [1.29, 1.82) is 0 Å². The number of benzene rings is 2. The van der Waals surface area contributed by atoms with Crippen LogP contribution in [0.25, 0.3) is 22.3 Å². The number of aromatic nitrogens is 2. The first kappa shape index (κ1) is 27.5. The fourth-order valence-electron chi connectivity index (χ4n) is 5.46. The van der Waals surface area contributed by atoms with Gasteiger partial charge in [0.05, 0.1) is 39.5 Å². The van der Waals surface area contributed by atoms with Gasteiger partial charge in [0.1, 0.15) is 25.6 Å². The van der Waals surface area contributed by atoms with Crippen molar-refractivity contribution < 1.29 is 33.5 Å². The molecule has 0 bridgehead atoms. The molecule has 1 unspecified atom stereocenters. The molecule has 12 heteroatoms. The summed E-state index contributed by atoms with van der Waals surface area (Å²) in [6.45, 7) is 0.955. The zero-order valence-corrected chi connectivity index (χ0v) is 22.8. The molecule has 2 aliphatic rings. The predicted octanol–water partition coefficient (Wildman–Crippen LogP) is 4.36. The van der Waals surface area contributed by atoms with Crippen molar-refractivity contribution in [2.45, 2.75) is 38.7 Å². The zero-order valence-electron chi connectivity index (χ0n) is 22.8. The van der Waals surface area contributed by atoms with Crippen molar-refractivity contribution in [3.8, 4) is 29.5 Å². The monoisotopic (exact) mass is 581 g/mol. The summed E-state index contributed by atoms with van der Waals surface area (Å²) in [5.74, 6) is 1.66. The Morgan fingerprint density at radius 1 is 1.21 bits per heavy atom. The molecule has 12 nitrogen and oxygen atoms in total. The van der Waals surface area contributed by atoms with Crippen LogP contribution in [0.2, 0.25) is 0 Å². The Morgan fingerprint density at radius 2 is 2.02 bits per heavy atom. The number of fused-ring (bicyclic) bond motifs is 5. The highest BCUT2D eigenvalue weighted by atomic mass is 16.7. The van der Waals surface area contributed by atoms with E-state index in [1.807, 2.05) is 30.3 Å². The number of para-hydroxylation sites is 1. The van der Waals surface area contributed by atoms with Gasteiger partial charge < -0.3 is 23.5 Å². The molecular weight excluding hydrogens is 558 g/mol. The number of carbonyl (C=O) groups excluding carboxylic acids is 2. The number of carbonyl (C=O) groups is 2. The second-order valence-electron chi connectivity index (χ2n) is 9.94. The Morgan fingerprint density at radius 3 is 2.79 bits per heavy atom. The molecule has 0 amide bonds. The largest absolute Gasteiger partial charge is 0.510 e. The number of hydrogen-bond acceptors (Lipinski definition) is 10. The van der Waals surface area contributed by atoms with Crippen LogP contribution in [0.3, 0.4) is 0 Å². The Hall–Kier alpha value is -5.70. The predicted molar refractivity (Wildman–Crippen MR) is 151 cm³/mol. The van der Waals surface area contributed by atoms with E-state index >= 15 is 0 Å². The minimum Gasteiger partial charge on any atom is -0.481 e. The third-order valence-corrected chi connectivity index (χ3v) is 7.56. The Labute approximate surface area is 243 Å². The third-order valence-electron chi connectivity index (χ3n) is 7.56. The topological polar surface area (TPSA) is 149 Å². The van der Waals surface area contributed by atoms with Crippen LogP contribution in [-0.4, -0.2) is 33.2 Å². The highest BCUT2D eigenvalue weighted by molar-refractivity contribution is 5.87. The highest BCUT2D eigenvalue weighted by Crippen LogP contribution is 2.41. The van der Waals surface area contributed by atoms with E-state index in [9.17, 15) is 24.5 Å². The number of nitro groups is 1. The average Bonchev–Trinajstić information content (AvgIpc) is 3.37. The van der Waals surface area contributed by atoms with E-state index < -0.39 is 34.8 Å². The lowest BCUT2D eigenvalue weighted by molar-refractivity contribution is -0.385. The van der Waals surface area contributed by atoms with Gasteiger partial charge >= 0.3 is 12.1 Å². The van der Waals surface area contributed by atoms with Gasteiger partial charge in [-0.25, -0.2) is 14.6 Å². The van der Waals surface area contributed by atoms with E-state index in [1.165, 1.54) is 18.2 Å². The molecule has 4 aromatic rings.